The largest absolute Gasteiger partial charge is 0.349 e. The van der Waals surface area contributed by atoms with Crippen LogP contribution in [0.1, 0.15) is 49.3 Å². The van der Waals surface area contributed by atoms with Crippen molar-refractivity contribution in [1.29, 1.82) is 0 Å². The van der Waals surface area contributed by atoms with Gasteiger partial charge in [0.2, 0.25) is 17.7 Å². The van der Waals surface area contributed by atoms with Crippen molar-refractivity contribution < 1.29 is 14.4 Å². The summed E-state index contributed by atoms with van der Waals surface area (Å²) < 4.78 is 0. The zero-order chi connectivity index (χ0) is 19.2. The van der Waals surface area contributed by atoms with Crippen LogP contribution in [0.25, 0.3) is 0 Å². The molecule has 1 aromatic carbocycles. The minimum absolute atomic E-state index is 0.0477. The summed E-state index contributed by atoms with van der Waals surface area (Å²) in [6.45, 7) is 0.700. The molecule has 0 bridgehead atoms. The van der Waals surface area contributed by atoms with E-state index in [1.165, 1.54) is 0 Å². The molecule has 2 N–H and O–H groups in total. The number of likely N-dealkylation sites (tertiary alicyclic amines) is 1. The predicted octanol–water partition coefficient (Wildman–Crippen LogP) is 1.92. The van der Waals surface area contributed by atoms with Crippen molar-refractivity contribution in [3.63, 3.8) is 0 Å². The molecular weight excluding hydrogens is 366 g/mol. The van der Waals surface area contributed by atoms with Crippen molar-refractivity contribution in [3.8, 4) is 0 Å². The first kappa shape index (κ1) is 19.7. The molecule has 0 unspecified atom stereocenters. The molecule has 3 rings (SSSR count). The number of nitrogens with one attached hydrogen (secondary N) is 2. The first-order valence-electron chi connectivity index (χ1n) is 9.58. The highest BCUT2D eigenvalue weighted by Gasteiger charge is 2.34. The molecule has 2 aliphatic rings. The van der Waals surface area contributed by atoms with Crippen molar-refractivity contribution in [2.24, 2.45) is 0 Å². The molecule has 1 saturated heterocycles. The van der Waals surface area contributed by atoms with E-state index in [1.54, 1.807) is 4.90 Å². The van der Waals surface area contributed by atoms with Gasteiger partial charge in [0.25, 0.3) is 0 Å². The number of nitrogens with zero attached hydrogens (tertiary/aromatic N) is 1. The molecule has 146 valence electrons. The molecular formula is C20H26ClN3O3. The number of carbonyl (C=O) groups excluding carboxylic acids is 3. The molecule has 6 nitrogen and oxygen atoms in total. The van der Waals surface area contributed by atoms with Gasteiger partial charge in [0.15, 0.2) is 0 Å². The van der Waals surface area contributed by atoms with E-state index in [9.17, 15) is 14.4 Å². The number of alkyl halides is 1. The van der Waals surface area contributed by atoms with E-state index in [-0.39, 0.29) is 42.2 Å². The lowest BCUT2D eigenvalue weighted by molar-refractivity contribution is -0.136. The predicted molar refractivity (Wildman–Crippen MR) is 103 cm³/mol. The molecule has 1 aliphatic heterocycles. The summed E-state index contributed by atoms with van der Waals surface area (Å²) in [5, 5.41) is 5.92. The van der Waals surface area contributed by atoms with Gasteiger partial charge in [0.1, 0.15) is 5.88 Å². The first-order chi connectivity index (χ1) is 13.1. The first-order valence-corrected chi connectivity index (χ1v) is 10.1. The average molecular weight is 392 g/mol. The monoisotopic (exact) mass is 391 g/mol. The van der Waals surface area contributed by atoms with Gasteiger partial charge in [-0.2, -0.15) is 0 Å². The molecule has 1 heterocycles. The summed E-state index contributed by atoms with van der Waals surface area (Å²) >= 11 is 5.64. The molecule has 7 heteroatoms. The zero-order valence-corrected chi connectivity index (χ0v) is 16.1. The average Bonchev–Trinajstić information content (AvgIpc) is 2.98. The van der Waals surface area contributed by atoms with Crippen molar-refractivity contribution in [3.05, 3.63) is 35.4 Å². The third-order valence-corrected chi connectivity index (χ3v) is 5.52. The number of rotatable bonds is 5. The van der Waals surface area contributed by atoms with E-state index in [0.29, 0.717) is 19.4 Å². The second-order valence-corrected chi connectivity index (χ2v) is 7.50. The topological polar surface area (TPSA) is 78.5 Å². The minimum Gasteiger partial charge on any atom is -0.349 e. The van der Waals surface area contributed by atoms with Crippen LogP contribution in [0.3, 0.4) is 0 Å². The van der Waals surface area contributed by atoms with Crippen LogP contribution >= 0.6 is 11.6 Å². The standard InChI is InChI=1S/C20H26ClN3O3/c21-12-17(25)23-20-15-8-5-4-7-14(15)11-16(20)22-18(26)13-24-10-6-2-1-3-9-19(24)27/h4-5,7-8,16,20H,1-3,6,9-13H2,(H,22,26)(H,23,25)/t16-,20-/m1/s1. The van der Waals surface area contributed by atoms with E-state index < -0.39 is 0 Å². The van der Waals surface area contributed by atoms with Gasteiger partial charge in [-0.1, -0.05) is 37.1 Å². The van der Waals surface area contributed by atoms with Crippen molar-refractivity contribution in [2.75, 3.05) is 19.0 Å². The molecule has 1 aliphatic carbocycles. The molecule has 0 spiro atoms. The van der Waals surface area contributed by atoms with Crippen molar-refractivity contribution in [1.82, 2.24) is 15.5 Å². The molecule has 0 radical (unpaired) electrons. The molecule has 2 atom stereocenters. The van der Waals surface area contributed by atoms with Crippen LogP contribution in [-0.4, -0.2) is 47.6 Å². The Labute approximate surface area is 164 Å². The molecule has 0 aromatic heterocycles. The number of carbonyl (C=O) groups is 3. The van der Waals surface area contributed by atoms with E-state index in [4.69, 9.17) is 11.6 Å². The number of hydrogen-bond acceptors (Lipinski definition) is 3. The maximum atomic E-state index is 12.6. The van der Waals surface area contributed by atoms with Crippen LogP contribution in [0.5, 0.6) is 0 Å². The van der Waals surface area contributed by atoms with Crippen molar-refractivity contribution >= 4 is 29.3 Å². The van der Waals surface area contributed by atoms with Crippen LogP contribution in [0.2, 0.25) is 0 Å². The van der Waals surface area contributed by atoms with Gasteiger partial charge in [-0.15, -0.1) is 11.6 Å². The fourth-order valence-electron chi connectivity index (χ4n) is 3.93. The van der Waals surface area contributed by atoms with Crippen LogP contribution in [0, 0.1) is 0 Å². The van der Waals surface area contributed by atoms with Gasteiger partial charge in [-0.3, -0.25) is 14.4 Å². The summed E-state index contributed by atoms with van der Waals surface area (Å²) in [4.78, 5) is 38.3. The van der Waals surface area contributed by atoms with Crippen LogP contribution in [-0.2, 0) is 20.8 Å². The Kier molecular flexibility index (Phi) is 6.72. The minimum atomic E-state index is -0.306. The lowest BCUT2D eigenvalue weighted by Gasteiger charge is -2.27. The molecule has 1 aromatic rings. The van der Waals surface area contributed by atoms with Gasteiger partial charge < -0.3 is 15.5 Å². The highest BCUT2D eigenvalue weighted by atomic mass is 35.5. The van der Waals surface area contributed by atoms with Gasteiger partial charge >= 0.3 is 0 Å². The van der Waals surface area contributed by atoms with E-state index >= 15 is 0 Å². The highest BCUT2D eigenvalue weighted by Crippen LogP contribution is 2.31. The maximum absolute atomic E-state index is 12.6. The third kappa shape index (κ3) is 5.01. The summed E-state index contributed by atoms with van der Waals surface area (Å²) in [7, 11) is 0. The Morgan fingerprint density at radius 1 is 1.07 bits per heavy atom. The van der Waals surface area contributed by atoms with Crippen LogP contribution < -0.4 is 10.6 Å². The van der Waals surface area contributed by atoms with Gasteiger partial charge in [0, 0.05) is 13.0 Å². The second kappa shape index (κ2) is 9.22. The normalized spacial score (nSPS) is 22.6. The summed E-state index contributed by atoms with van der Waals surface area (Å²) in [5.41, 5.74) is 2.11. The van der Waals surface area contributed by atoms with E-state index in [1.807, 2.05) is 24.3 Å². The second-order valence-electron chi connectivity index (χ2n) is 7.24. The Balaban J connectivity index is 1.65. The molecule has 0 saturated carbocycles. The summed E-state index contributed by atoms with van der Waals surface area (Å²) in [6.07, 6.45) is 5.15. The summed E-state index contributed by atoms with van der Waals surface area (Å²) in [5.74, 6) is -0.531. The number of benzene rings is 1. The van der Waals surface area contributed by atoms with Gasteiger partial charge in [-0.05, 0) is 30.4 Å². The van der Waals surface area contributed by atoms with Crippen LogP contribution in [0.15, 0.2) is 24.3 Å². The van der Waals surface area contributed by atoms with Gasteiger partial charge in [0.05, 0.1) is 18.6 Å². The summed E-state index contributed by atoms with van der Waals surface area (Å²) in [6, 6.07) is 7.28. The third-order valence-electron chi connectivity index (χ3n) is 5.27. The quantitative estimate of drug-likeness (QED) is 0.752. The molecule has 1 fully saturated rings. The maximum Gasteiger partial charge on any atom is 0.239 e. The fraction of sp³-hybridized carbons (Fsp3) is 0.550. The SMILES string of the molecule is O=C(CCl)N[C@@H]1c2ccccc2C[C@H]1NC(=O)CN1CCCCCCC1=O. The Morgan fingerprint density at radius 3 is 2.67 bits per heavy atom. The Morgan fingerprint density at radius 2 is 1.85 bits per heavy atom. The molecule has 3 amide bonds. The number of hydrogen-bond donors (Lipinski definition) is 2. The lowest BCUT2D eigenvalue weighted by Crippen LogP contribution is -2.49. The Bertz CT molecular complexity index is 709. The lowest BCUT2D eigenvalue weighted by atomic mass is 10.1. The fourth-order valence-corrected chi connectivity index (χ4v) is 4.01. The van der Waals surface area contributed by atoms with Crippen molar-refractivity contribution in [2.45, 2.75) is 50.6 Å². The zero-order valence-electron chi connectivity index (χ0n) is 15.4. The number of amides is 3. The molecule has 27 heavy (non-hydrogen) atoms. The Hall–Kier alpha value is -2.08. The highest BCUT2D eigenvalue weighted by molar-refractivity contribution is 6.27. The number of halogens is 1. The van der Waals surface area contributed by atoms with Gasteiger partial charge in [-0.25, -0.2) is 0 Å². The smallest absolute Gasteiger partial charge is 0.239 e. The van der Waals surface area contributed by atoms with E-state index in [0.717, 1.165) is 36.8 Å². The van der Waals surface area contributed by atoms with Crippen LogP contribution in [0.4, 0.5) is 0 Å². The van der Waals surface area contributed by atoms with E-state index in [2.05, 4.69) is 10.6 Å². The number of fused-ring (bicyclic) bond motifs is 1.